The van der Waals surface area contributed by atoms with Crippen molar-refractivity contribution < 1.29 is 28.7 Å². The number of halogens is 1. The van der Waals surface area contributed by atoms with Crippen molar-refractivity contribution in [1.82, 2.24) is 0 Å². The predicted octanol–water partition coefficient (Wildman–Crippen LogP) is -0.501. The number of ether oxygens (including phenoxy) is 1. The molecule has 0 aliphatic carbocycles. The van der Waals surface area contributed by atoms with E-state index in [0.29, 0.717) is 6.42 Å². The number of Topliss-reactive ketones (excluding diaryl/α,β-unsaturated/α-hetero) is 1. The summed E-state index contributed by atoms with van der Waals surface area (Å²) < 4.78 is 5.57. The maximum Gasteiger partial charge on any atom is 0.324 e. The van der Waals surface area contributed by atoms with E-state index in [9.17, 15) is 19.5 Å². The molecule has 0 bridgehead atoms. The number of carboxylic acids is 1. The molecule has 0 aromatic heterocycles. The number of esters is 1. The van der Waals surface area contributed by atoms with Gasteiger partial charge in [-0.05, 0) is 12.8 Å². The lowest BCUT2D eigenvalue weighted by atomic mass is 9.92. The second-order valence-electron chi connectivity index (χ2n) is 6.88. The molecular weight excluding hydrogens is 324 g/mol. The van der Waals surface area contributed by atoms with E-state index in [-0.39, 0.29) is 29.4 Å². The molecule has 0 aromatic carbocycles. The molecule has 0 spiro atoms. The molecule has 2 N–H and O–H groups in total. The maximum atomic E-state index is 12.2. The highest BCUT2D eigenvalue weighted by Crippen LogP contribution is 2.23. The fourth-order valence-corrected chi connectivity index (χ4v) is 2.18. The highest BCUT2D eigenvalue weighted by Gasteiger charge is 2.45. The molecule has 0 amide bonds. The Morgan fingerprint density at radius 1 is 1.26 bits per heavy atom. The number of nitrogens with two attached hydrogens (primary N) is 1. The molecule has 0 aliphatic rings. The second kappa shape index (κ2) is 9.20. The minimum absolute atomic E-state index is 0. The summed E-state index contributed by atoms with van der Waals surface area (Å²) >= 11 is 0. The molecule has 0 saturated heterocycles. The summed E-state index contributed by atoms with van der Waals surface area (Å²) in [6, 6.07) is -0.905. The van der Waals surface area contributed by atoms with Crippen LogP contribution in [0, 0.1) is 5.92 Å². The number of carbonyl (C=O) groups is 3. The van der Waals surface area contributed by atoms with Crippen LogP contribution in [0.25, 0.3) is 0 Å². The third-order valence-electron chi connectivity index (χ3n) is 3.63. The van der Waals surface area contributed by atoms with Gasteiger partial charge in [-0.25, -0.2) is 0 Å². The van der Waals surface area contributed by atoms with Gasteiger partial charge in [0.15, 0.2) is 5.78 Å². The third kappa shape index (κ3) is 7.76. The van der Waals surface area contributed by atoms with E-state index >= 15 is 0 Å². The Hall–Kier alpha value is -1.18. The van der Waals surface area contributed by atoms with Crippen molar-refractivity contribution in [1.29, 1.82) is 0 Å². The van der Waals surface area contributed by atoms with Crippen LogP contribution in [-0.2, 0) is 19.1 Å². The topological polar surface area (TPSA) is 110 Å². The van der Waals surface area contributed by atoms with Gasteiger partial charge in [-0.3, -0.25) is 9.59 Å². The van der Waals surface area contributed by atoms with E-state index in [1.807, 2.05) is 6.92 Å². The van der Waals surface area contributed by atoms with Crippen LogP contribution < -0.4 is 10.8 Å². The quantitative estimate of drug-likeness (QED) is 0.442. The molecule has 3 atom stereocenters. The summed E-state index contributed by atoms with van der Waals surface area (Å²) in [6.07, 6.45) is -0.0179. The minimum Gasteiger partial charge on any atom is -0.550 e. The highest BCUT2D eigenvalue weighted by molar-refractivity contribution is 5.92. The van der Waals surface area contributed by atoms with Gasteiger partial charge in [0, 0.05) is 12.4 Å². The Morgan fingerprint density at radius 3 is 2.04 bits per heavy atom. The van der Waals surface area contributed by atoms with Crippen molar-refractivity contribution >= 4 is 30.1 Å². The zero-order chi connectivity index (χ0) is 17.7. The molecule has 0 saturated carbocycles. The lowest BCUT2D eigenvalue weighted by molar-refractivity contribution is -0.875. The smallest absolute Gasteiger partial charge is 0.324 e. The number of quaternary nitrogens is 1. The van der Waals surface area contributed by atoms with Crippen LogP contribution in [-0.4, -0.2) is 61.5 Å². The van der Waals surface area contributed by atoms with Gasteiger partial charge in [0.05, 0.1) is 21.1 Å². The molecule has 7 nitrogen and oxygen atoms in total. The van der Waals surface area contributed by atoms with Crippen molar-refractivity contribution in [2.45, 2.75) is 45.3 Å². The molecule has 0 rings (SSSR count). The summed E-state index contributed by atoms with van der Waals surface area (Å²) in [5.41, 5.74) is 4.05. The van der Waals surface area contributed by atoms with Gasteiger partial charge in [-0.2, -0.15) is 0 Å². The summed E-state index contributed by atoms with van der Waals surface area (Å²) in [5.74, 6) is -2.88. The van der Waals surface area contributed by atoms with Crippen molar-refractivity contribution in [3.05, 3.63) is 0 Å². The first-order valence-corrected chi connectivity index (χ1v) is 7.34. The van der Waals surface area contributed by atoms with Gasteiger partial charge in [-0.1, -0.05) is 20.3 Å². The van der Waals surface area contributed by atoms with E-state index in [0.717, 1.165) is 0 Å². The second-order valence-corrected chi connectivity index (χ2v) is 6.88. The number of likely N-dealkylation sites (N-methyl/N-ethyl adjacent to an activating group) is 1. The van der Waals surface area contributed by atoms with Crippen LogP contribution in [0.1, 0.15) is 33.6 Å². The number of ketones is 1. The Morgan fingerprint density at radius 2 is 1.74 bits per heavy atom. The number of carboxylic acid groups (broad SMARTS) is 1. The van der Waals surface area contributed by atoms with Crippen LogP contribution in [0.15, 0.2) is 0 Å². The summed E-state index contributed by atoms with van der Waals surface area (Å²) in [6.45, 7) is 4.90. The van der Waals surface area contributed by atoms with Crippen molar-refractivity contribution in [3.8, 4) is 0 Å². The van der Waals surface area contributed by atoms with Crippen molar-refractivity contribution in [2.24, 2.45) is 11.7 Å². The van der Waals surface area contributed by atoms with Crippen molar-refractivity contribution in [3.63, 3.8) is 0 Å². The molecule has 0 aromatic rings. The normalized spacial score (nSPS) is 16.5. The van der Waals surface area contributed by atoms with Gasteiger partial charge in [-0.15, -0.1) is 12.4 Å². The monoisotopic (exact) mass is 352 g/mol. The number of carbonyl (C=O) groups excluding carboxylic acids is 3. The average molecular weight is 353 g/mol. The summed E-state index contributed by atoms with van der Waals surface area (Å²) in [7, 11) is 5.32. The number of hydrogen-bond donors (Lipinski definition) is 1. The number of nitrogens with zero attached hydrogens (tertiary/aromatic N) is 1. The third-order valence-corrected chi connectivity index (χ3v) is 3.63. The number of aliphatic carboxylic acids is 1. The van der Waals surface area contributed by atoms with Crippen LogP contribution in [0.4, 0.5) is 0 Å². The summed E-state index contributed by atoms with van der Waals surface area (Å²) in [4.78, 5) is 35.3. The SMILES string of the molecule is CC[C@H](C)[C@H](N)C(=O)O[C@](CC(=O)[O-])(C[N+](C)(C)C)C(C)=O.Cl. The molecule has 0 aliphatic heterocycles. The minimum atomic E-state index is -1.76. The Kier molecular flexibility index (Phi) is 9.63. The zero-order valence-corrected chi connectivity index (χ0v) is 15.6. The van der Waals surface area contributed by atoms with Crippen LogP contribution in [0.2, 0.25) is 0 Å². The maximum absolute atomic E-state index is 12.2. The standard InChI is InChI=1S/C15H28N2O5.ClH/c1-7-10(2)13(16)14(21)22-15(11(3)18,8-12(19)20)9-17(4,5)6;/h10,13H,7-9,16H2,1-6H3;1H/t10-,13-,15+;/m0./s1. The number of hydrogen-bond acceptors (Lipinski definition) is 6. The molecular formula is C15H29ClN2O5. The van der Waals surface area contributed by atoms with E-state index in [1.54, 1.807) is 28.1 Å². The van der Waals surface area contributed by atoms with Crippen molar-refractivity contribution in [2.75, 3.05) is 27.7 Å². The van der Waals surface area contributed by atoms with Gasteiger partial charge < -0.3 is 24.9 Å². The van der Waals surface area contributed by atoms with Crippen LogP contribution in [0.5, 0.6) is 0 Å². The molecule has 0 heterocycles. The summed E-state index contributed by atoms with van der Waals surface area (Å²) in [5, 5.41) is 11.1. The lowest BCUT2D eigenvalue weighted by Crippen LogP contribution is -2.59. The largest absolute Gasteiger partial charge is 0.550 e. The number of rotatable bonds is 9. The predicted molar refractivity (Wildman–Crippen MR) is 86.7 cm³/mol. The van der Waals surface area contributed by atoms with Gasteiger partial charge in [0.1, 0.15) is 12.6 Å². The first-order valence-electron chi connectivity index (χ1n) is 7.34. The Labute approximate surface area is 144 Å². The van der Waals surface area contributed by atoms with Crippen LogP contribution in [0.3, 0.4) is 0 Å². The fraction of sp³-hybridized carbons (Fsp3) is 0.800. The fourth-order valence-electron chi connectivity index (χ4n) is 2.18. The van der Waals surface area contributed by atoms with Gasteiger partial charge in [0.2, 0.25) is 5.60 Å². The lowest BCUT2D eigenvalue weighted by Gasteiger charge is -2.38. The van der Waals surface area contributed by atoms with E-state index in [1.165, 1.54) is 6.92 Å². The molecule has 0 radical (unpaired) electrons. The average Bonchev–Trinajstić information content (AvgIpc) is 2.33. The highest BCUT2D eigenvalue weighted by atomic mass is 35.5. The molecule has 0 fully saturated rings. The van der Waals surface area contributed by atoms with Gasteiger partial charge in [0.25, 0.3) is 0 Å². The Bertz CT molecular complexity index is 436. The molecule has 8 heteroatoms. The first kappa shape index (κ1) is 24.1. The van der Waals surface area contributed by atoms with Crippen LogP contribution >= 0.6 is 12.4 Å². The zero-order valence-electron chi connectivity index (χ0n) is 14.8. The van der Waals surface area contributed by atoms with E-state index in [2.05, 4.69) is 0 Å². The first-order chi connectivity index (χ1) is 9.84. The van der Waals surface area contributed by atoms with E-state index in [4.69, 9.17) is 10.5 Å². The molecule has 0 unspecified atom stereocenters. The van der Waals surface area contributed by atoms with E-state index < -0.39 is 35.8 Å². The van der Waals surface area contributed by atoms with Gasteiger partial charge >= 0.3 is 5.97 Å². The molecule has 23 heavy (non-hydrogen) atoms. The Balaban J connectivity index is 0. The molecule has 136 valence electrons.